The number of hydrogen-bond acceptors (Lipinski definition) is 6. The molecule has 7 rings (SSSR count). The number of carbonyl (C=O) groups excluding carboxylic acids is 2. The van der Waals surface area contributed by atoms with Crippen LogP contribution in [0.15, 0.2) is 35.1 Å². The number of pyridine rings is 1. The Morgan fingerprint density at radius 3 is 2.29 bits per heavy atom. The highest BCUT2D eigenvalue weighted by atomic mass is 16.5. The molecule has 0 radical (unpaired) electrons. The molecule has 10 heteroatoms. The Hall–Kier alpha value is -3.66. The van der Waals surface area contributed by atoms with Gasteiger partial charge in [0.15, 0.2) is 0 Å². The lowest BCUT2D eigenvalue weighted by Crippen LogP contribution is -2.34. The molecule has 1 aromatic carbocycles. The summed E-state index contributed by atoms with van der Waals surface area (Å²) in [5.74, 6) is 2.23. The van der Waals surface area contributed by atoms with Crippen molar-refractivity contribution in [3.8, 4) is 5.88 Å². The molecule has 5 heterocycles. The summed E-state index contributed by atoms with van der Waals surface area (Å²) in [5, 5.41) is 0. The number of ether oxygens (including phenoxy) is 2. The van der Waals surface area contributed by atoms with Crippen LogP contribution in [0.3, 0.4) is 0 Å². The first-order chi connectivity index (χ1) is 20.0. The highest BCUT2D eigenvalue weighted by molar-refractivity contribution is 5.97. The van der Waals surface area contributed by atoms with Crippen molar-refractivity contribution in [2.24, 2.45) is 17.8 Å². The number of imidazole rings is 1. The average Bonchev–Trinajstić information content (AvgIpc) is 3.71. The fourth-order valence-corrected chi connectivity index (χ4v) is 6.68. The molecule has 2 aromatic heterocycles. The zero-order chi connectivity index (χ0) is 27.9. The summed E-state index contributed by atoms with van der Waals surface area (Å²) in [4.78, 5) is 52.8. The number of benzene rings is 1. The number of aromatic nitrogens is 3. The Morgan fingerprint density at radius 2 is 1.56 bits per heavy atom. The molecule has 41 heavy (non-hydrogen) atoms. The zero-order valence-electron chi connectivity index (χ0n) is 23.3. The monoisotopic (exact) mass is 559 g/mol. The van der Waals surface area contributed by atoms with Crippen molar-refractivity contribution in [2.45, 2.75) is 44.4 Å². The van der Waals surface area contributed by atoms with Crippen LogP contribution in [0, 0.1) is 17.8 Å². The molecule has 0 unspecified atom stereocenters. The summed E-state index contributed by atoms with van der Waals surface area (Å²) in [6.45, 7) is 4.91. The Labute approximate surface area is 238 Å². The van der Waals surface area contributed by atoms with E-state index >= 15 is 0 Å². The molecule has 2 atom stereocenters. The molecule has 3 aromatic rings. The average molecular weight is 560 g/mol. The molecule has 3 saturated heterocycles. The zero-order valence-corrected chi connectivity index (χ0v) is 23.3. The van der Waals surface area contributed by atoms with E-state index in [1.165, 1.54) is 0 Å². The summed E-state index contributed by atoms with van der Waals surface area (Å²) in [7, 11) is 0. The van der Waals surface area contributed by atoms with Gasteiger partial charge in [0.1, 0.15) is 0 Å². The van der Waals surface area contributed by atoms with E-state index in [9.17, 15) is 14.4 Å². The Balaban J connectivity index is 0.995. The number of H-pyrrole nitrogens is 2. The lowest BCUT2D eigenvalue weighted by Gasteiger charge is -2.24. The maximum atomic E-state index is 13.7. The fourth-order valence-electron chi connectivity index (χ4n) is 6.68. The van der Waals surface area contributed by atoms with Crippen LogP contribution >= 0.6 is 0 Å². The number of aromatic amines is 2. The van der Waals surface area contributed by atoms with Crippen molar-refractivity contribution >= 4 is 22.8 Å². The minimum atomic E-state index is -0.276. The van der Waals surface area contributed by atoms with Gasteiger partial charge in [0.05, 0.1) is 17.6 Å². The molecule has 0 spiro atoms. The quantitative estimate of drug-likeness (QED) is 0.477. The number of carbonyl (C=O) groups is 2. The molecular formula is C31H37N5O5. The van der Waals surface area contributed by atoms with Crippen LogP contribution < -0.4 is 10.4 Å². The summed E-state index contributed by atoms with van der Waals surface area (Å²) >= 11 is 0. The maximum Gasteiger partial charge on any atom is 0.323 e. The van der Waals surface area contributed by atoms with E-state index < -0.39 is 0 Å². The van der Waals surface area contributed by atoms with E-state index in [2.05, 4.69) is 9.97 Å². The number of rotatable bonds is 6. The molecule has 10 nitrogen and oxygen atoms in total. The second-order valence-electron chi connectivity index (χ2n) is 12.2. The molecule has 4 aliphatic rings. The third-order valence-corrected chi connectivity index (χ3v) is 9.33. The van der Waals surface area contributed by atoms with E-state index in [0.29, 0.717) is 84.5 Å². The molecule has 2 amide bonds. The van der Waals surface area contributed by atoms with Gasteiger partial charge in [0.2, 0.25) is 5.88 Å². The van der Waals surface area contributed by atoms with Crippen molar-refractivity contribution in [1.29, 1.82) is 0 Å². The summed E-state index contributed by atoms with van der Waals surface area (Å²) in [5.41, 5.74) is 3.29. The molecule has 216 valence electrons. The first-order valence-electron chi connectivity index (χ1n) is 15.0. The lowest BCUT2D eigenvalue weighted by atomic mass is 9.92. The van der Waals surface area contributed by atoms with Crippen molar-refractivity contribution in [3.63, 3.8) is 0 Å². The van der Waals surface area contributed by atoms with Gasteiger partial charge in [-0.3, -0.25) is 9.59 Å². The Kier molecular flexibility index (Phi) is 7.02. The Morgan fingerprint density at radius 1 is 0.854 bits per heavy atom. The van der Waals surface area contributed by atoms with Crippen LogP contribution in [0.2, 0.25) is 0 Å². The standard InChI is InChI=1S/C31H37N5O5/c37-29(21-3-4-25-27(13-21)34-31(39)33-25)36-16-22-5-9-35(10-6-23(22)17-36)30(38)24-14-26(20-1-2-20)32-28(15-24)41-18-19-7-11-40-12-8-19/h3-4,13-15,19-20,22-23H,1-2,5-12,16-18H2,(H2,33,34,39)/t22-,23+. The lowest BCUT2D eigenvalue weighted by molar-refractivity contribution is 0.0490. The van der Waals surface area contributed by atoms with E-state index in [0.717, 1.165) is 57.4 Å². The fraction of sp³-hybridized carbons (Fsp3) is 0.548. The SMILES string of the molecule is O=C(c1cc(OCC2CCOCC2)nc(C2CC2)c1)N1CC[C@@H]2CN(C(=O)c3ccc4[nH]c(=O)[nH]c4c3)C[C@@H]2CC1. The number of hydrogen-bond donors (Lipinski definition) is 2. The van der Waals surface area contributed by atoms with E-state index in [1.807, 2.05) is 21.9 Å². The van der Waals surface area contributed by atoms with Gasteiger partial charge in [0, 0.05) is 68.2 Å². The van der Waals surface area contributed by atoms with Gasteiger partial charge < -0.3 is 29.2 Å². The summed E-state index contributed by atoms with van der Waals surface area (Å²) < 4.78 is 11.6. The van der Waals surface area contributed by atoms with Gasteiger partial charge in [-0.05, 0) is 80.5 Å². The van der Waals surface area contributed by atoms with Gasteiger partial charge in [-0.15, -0.1) is 0 Å². The van der Waals surface area contributed by atoms with E-state index in [-0.39, 0.29) is 17.5 Å². The normalized spacial score (nSPS) is 23.4. The Bertz CT molecular complexity index is 1490. The van der Waals surface area contributed by atoms with Crippen molar-refractivity contribution in [3.05, 3.63) is 57.6 Å². The summed E-state index contributed by atoms with van der Waals surface area (Å²) in [6.07, 6.45) is 5.97. The van der Waals surface area contributed by atoms with Gasteiger partial charge in [0.25, 0.3) is 11.8 Å². The van der Waals surface area contributed by atoms with Gasteiger partial charge in [-0.25, -0.2) is 9.78 Å². The largest absolute Gasteiger partial charge is 0.477 e. The van der Waals surface area contributed by atoms with Crippen LogP contribution in [0.4, 0.5) is 0 Å². The predicted molar refractivity (Wildman–Crippen MR) is 152 cm³/mol. The number of fused-ring (bicyclic) bond motifs is 2. The molecule has 2 N–H and O–H groups in total. The van der Waals surface area contributed by atoms with Crippen molar-refractivity contribution in [1.82, 2.24) is 24.8 Å². The minimum absolute atomic E-state index is 0.00683. The van der Waals surface area contributed by atoms with Gasteiger partial charge >= 0.3 is 5.69 Å². The van der Waals surface area contributed by atoms with Crippen LogP contribution in [-0.2, 0) is 4.74 Å². The molecular weight excluding hydrogens is 522 g/mol. The first kappa shape index (κ1) is 26.3. The summed E-state index contributed by atoms with van der Waals surface area (Å²) in [6, 6.07) is 9.09. The third-order valence-electron chi connectivity index (χ3n) is 9.33. The number of nitrogens with one attached hydrogen (secondary N) is 2. The molecule has 4 fully saturated rings. The molecule has 0 bridgehead atoms. The highest BCUT2D eigenvalue weighted by Crippen LogP contribution is 2.40. The van der Waals surface area contributed by atoms with E-state index in [4.69, 9.17) is 14.5 Å². The number of nitrogens with zero attached hydrogens (tertiary/aromatic N) is 3. The van der Waals surface area contributed by atoms with Crippen LogP contribution in [0.25, 0.3) is 11.0 Å². The van der Waals surface area contributed by atoms with Crippen LogP contribution in [0.1, 0.15) is 70.9 Å². The maximum absolute atomic E-state index is 13.7. The second kappa shape index (κ2) is 11.0. The number of likely N-dealkylation sites (tertiary alicyclic amines) is 2. The predicted octanol–water partition coefficient (Wildman–Crippen LogP) is 3.56. The van der Waals surface area contributed by atoms with Crippen LogP contribution in [-0.4, -0.2) is 82.6 Å². The first-order valence-corrected chi connectivity index (χ1v) is 15.0. The number of amides is 2. The minimum Gasteiger partial charge on any atom is -0.477 e. The second-order valence-corrected chi connectivity index (χ2v) is 12.2. The topological polar surface area (TPSA) is 121 Å². The van der Waals surface area contributed by atoms with Gasteiger partial charge in [-0.2, -0.15) is 0 Å². The van der Waals surface area contributed by atoms with Gasteiger partial charge in [-0.1, -0.05) is 0 Å². The van der Waals surface area contributed by atoms with Crippen molar-refractivity contribution in [2.75, 3.05) is 46.0 Å². The third kappa shape index (κ3) is 5.62. The molecule has 3 aliphatic heterocycles. The van der Waals surface area contributed by atoms with E-state index in [1.54, 1.807) is 18.2 Å². The highest BCUT2D eigenvalue weighted by Gasteiger charge is 2.38. The van der Waals surface area contributed by atoms with Crippen molar-refractivity contribution < 1.29 is 19.1 Å². The van der Waals surface area contributed by atoms with Crippen LogP contribution in [0.5, 0.6) is 5.88 Å². The smallest absolute Gasteiger partial charge is 0.323 e. The molecule has 1 aliphatic carbocycles. The molecule has 1 saturated carbocycles.